The molecule has 0 saturated carbocycles. The van der Waals surface area contributed by atoms with Crippen LogP contribution in [0.4, 0.5) is 0 Å². The molecule has 31 heavy (non-hydrogen) atoms. The van der Waals surface area contributed by atoms with Crippen LogP contribution in [0, 0.1) is 0 Å². The van der Waals surface area contributed by atoms with Crippen LogP contribution in [-0.4, -0.2) is 69.3 Å². The van der Waals surface area contributed by atoms with E-state index in [1.165, 1.54) is 21.4 Å². The van der Waals surface area contributed by atoms with Crippen molar-refractivity contribution < 1.29 is 17.9 Å². The van der Waals surface area contributed by atoms with E-state index in [4.69, 9.17) is 4.74 Å². The molecule has 0 spiro atoms. The highest BCUT2D eigenvalue weighted by Gasteiger charge is 2.31. The third kappa shape index (κ3) is 4.81. The smallest absolute Gasteiger partial charge is 0.274 e. The van der Waals surface area contributed by atoms with Crippen molar-refractivity contribution >= 4 is 31.9 Å². The summed E-state index contributed by atoms with van der Waals surface area (Å²) in [6.07, 6.45) is 4.47. The molecule has 3 aromatic rings. The second-order valence-electron chi connectivity index (χ2n) is 7.01. The predicted octanol–water partition coefficient (Wildman–Crippen LogP) is 1.56. The van der Waals surface area contributed by atoms with E-state index in [1.807, 2.05) is 24.3 Å². The molecule has 1 aliphatic heterocycles. The molecule has 0 atom stereocenters. The van der Waals surface area contributed by atoms with Crippen molar-refractivity contribution in [3.05, 3.63) is 59.1 Å². The zero-order valence-electron chi connectivity index (χ0n) is 16.8. The molecule has 0 N–H and O–H groups in total. The molecule has 10 nitrogen and oxygen atoms in total. The molecule has 1 aliphatic rings. The van der Waals surface area contributed by atoms with Gasteiger partial charge in [-0.05, 0) is 30.3 Å². The van der Waals surface area contributed by atoms with E-state index < -0.39 is 10.0 Å². The lowest BCUT2D eigenvalue weighted by Crippen LogP contribution is -2.50. The predicted molar refractivity (Wildman–Crippen MR) is 115 cm³/mol. The van der Waals surface area contributed by atoms with Crippen LogP contribution in [0.15, 0.2) is 58.3 Å². The summed E-state index contributed by atoms with van der Waals surface area (Å²) in [5.74, 6) is 0.457. The second kappa shape index (κ2) is 8.81. The fourth-order valence-electron chi connectivity index (χ4n) is 3.19. The summed E-state index contributed by atoms with van der Waals surface area (Å²) in [5, 5.41) is 8.21. The normalized spacial score (nSPS) is 15.2. The zero-order chi connectivity index (χ0) is 22.0. The van der Waals surface area contributed by atoms with Crippen molar-refractivity contribution in [2.75, 3.05) is 26.2 Å². The number of carbonyl (C=O) groups is 1. The van der Waals surface area contributed by atoms with Gasteiger partial charge in [-0.2, -0.15) is 14.5 Å². The van der Waals surface area contributed by atoms with Crippen LogP contribution in [-0.2, 0) is 23.8 Å². The van der Waals surface area contributed by atoms with Gasteiger partial charge in [0.1, 0.15) is 10.6 Å². The second-order valence-corrected chi connectivity index (χ2v) is 9.87. The number of aromatic nitrogens is 4. The molecule has 1 aromatic carbocycles. The summed E-state index contributed by atoms with van der Waals surface area (Å²) in [7, 11) is -1.95. The molecule has 1 saturated heterocycles. The maximum Gasteiger partial charge on any atom is 0.274 e. The van der Waals surface area contributed by atoms with Crippen LogP contribution in [0.1, 0.15) is 10.5 Å². The van der Waals surface area contributed by atoms with E-state index in [1.54, 1.807) is 28.9 Å². The van der Waals surface area contributed by atoms with Gasteiger partial charge < -0.3 is 9.64 Å². The molecule has 2 aromatic heterocycles. The number of sulfonamides is 1. The molecule has 12 heteroatoms. The maximum absolute atomic E-state index is 12.8. The Bertz CT molecular complexity index is 1170. The Morgan fingerprint density at radius 3 is 2.48 bits per heavy atom. The number of rotatable bonds is 6. The van der Waals surface area contributed by atoms with Gasteiger partial charge in [-0.3, -0.25) is 9.48 Å². The monoisotopic (exact) mass is 508 g/mol. The number of carbonyl (C=O) groups excluding carboxylic acids is 1. The van der Waals surface area contributed by atoms with E-state index in [0.29, 0.717) is 24.5 Å². The summed E-state index contributed by atoms with van der Waals surface area (Å²) in [6.45, 7) is 1.19. The topological polar surface area (TPSA) is 103 Å². The minimum absolute atomic E-state index is 0.152. The van der Waals surface area contributed by atoms with E-state index in [0.717, 1.165) is 4.47 Å². The Balaban J connectivity index is 1.33. The van der Waals surface area contributed by atoms with Crippen LogP contribution >= 0.6 is 15.9 Å². The minimum Gasteiger partial charge on any atom is -0.471 e. The SMILES string of the molecule is Cn1cc(S(=O)(=O)N2CCN(C(=O)c3ccn(COc4ccc(Br)cc4)n3)CC2)cn1. The van der Waals surface area contributed by atoms with Gasteiger partial charge in [-0.15, -0.1) is 0 Å². The number of piperazine rings is 1. The standard InChI is InChI=1S/C19H21BrN6O4S/c1-23-13-17(12-21-23)31(28,29)26-10-8-24(9-11-26)19(27)18-6-7-25(22-18)14-30-16-4-2-15(20)3-5-16/h2-7,12-13H,8-11,14H2,1H3. The van der Waals surface area contributed by atoms with Gasteiger partial charge in [0.05, 0.1) is 6.20 Å². The van der Waals surface area contributed by atoms with Crippen molar-refractivity contribution in [3.8, 4) is 5.75 Å². The van der Waals surface area contributed by atoms with Crippen molar-refractivity contribution in [2.45, 2.75) is 11.6 Å². The van der Waals surface area contributed by atoms with Gasteiger partial charge in [-0.25, -0.2) is 13.1 Å². The van der Waals surface area contributed by atoms with Crippen LogP contribution in [0.25, 0.3) is 0 Å². The average molecular weight is 509 g/mol. The Kier molecular flexibility index (Phi) is 6.12. The van der Waals surface area contributed by atoms with E-state index in [2.05, 4.69) is 26.1 Å². The molecule has 0 radical (unpaired) electrons. The fraction of sp³-hybridized carbons (Fsp3) is 0.316. The van der Waals surface area contributed by atoms with Crippen LogP contribution in [0.5, 0.6) is 5.75 Å². The molecule has 0 unspecified atom stereocenters. The maximum atomic E-state index is 12.8. The number of hydrogen-bond acceptors (Lipinski definition) is 6. The summed E-state index contributed by atoms with van der Waals surface area (Å²) in [5.41, 5.74) is 0.294. The first kappa shape index (κ1) is 21.5. The molecular weight excluding hydrogens is 488 g/mol. The quantitative estimate of drug-likeness (QED) is 0.500. The Morgan fingerprint density at radius 1 is 1.13 bits per heavy atom. The molecule has 0 bridgehead atoms. The van der Waals surface area contributed by atoms with Gasteiger partial charge >= 0.3 is 0 Å². The summed E-state index contributed by atoms with van der Waals surface area (Å²) < 4.78 is 36.4. The Labute approximate surface area is 188 Å². The Morgan fingerprint density at radius 2 is 1.84 bits per heavy atom. The first-order valence-corrected chi connectivity index (χ1v) is 11.8. The van der Waals surface area contributed by atoms with Crippen molar-refractivity contribution in [1.82, 2.24) is 28.8 Å². The molecule has 1 fully saturated rings. The molecule has 0 aliphatic carbocycles. The number of ether oxygens (including phenoxy) is 1. The van der Waals surface area contributed by atoms with E-state index in [-0.39, 0.29) is 30.6 Å². The van der Waals surface area contributed by atoms with Crippen LogP contribution in [0.2, 0.25) is 0 Å². The number of halogens is 1. The largest absolute Gasteiger partial charge is 0.471 e. The highest BCUT2D eigenvalue weighted by Crippen LogP contribution is 2.18. The third-order valence-electron chi connectivity index (χ3n) is 4.88. The van der Waals surface area contributed by atoms with Gasteiger partial charge in [-0.1, -0.05) is 15.9 Å². The molecule has 4 rings (SSSR count). The highest BCUT2D eigenvalue weighted by molar-refractivity contribution is 9.10. The average Bonchev–Trinajstić information content (AvgIpc) is 3.42. The van der Waals surface area contributed by atoms with Gasteiger partial charge in [0.2, 0.25) is 10.0 Å². The van der Waals surface area contributed by atoms with Crippen LogP contribution < -0.4 is 4.74 Å². The Hall–Kier alpha value is -2.70. The van der Waals surface area contributed by atoms with Gasteiger partial charge in [0.15, 0.2) is 12.4 Å². The molecule has 3 heterocycles. The summed E-state index contributed by atoms with van der Waals surface area (Å²) in [4.78, 5) is 14.5. The lowest BCUT2D eigenvalue weighted by atomic mass is 10.3. The number of hydrogen-bond donors (Lipinski definition) is 0. The first-order valence-electron chi connectivity index (χ1n) is 9.53. The van der Waals surface area contributed by atoms with Gasteiger partial charge in [0.25, 0.3) is 5.91 Å². The fourth-order valence-corrected chi connectivity index (χ4v) is 4.87. The van der Waals surface area contributed by atoms with E-state index in [9.17, 15) is 13.2 Å². The van der Waals surface area contributed by atoms with Gasteiger partial charge in [0, 0.05) is 50.1 Å². The zero-order valence-corrected chi connectivity index (χ0v) is 19.2. The number of nitrogens with zero attached hydrogens (tertiary/aromatic N) is 6. The lowest BCUT2D eigenvalue weighted by molar-refractivity contribution is 0.0690. The molecule has 164 valence electrons. The third-order valence-corrected chi connectivity index (χ3v) is 7.26. The molecule has 1 amide bonds. The number of aryl methyl sites for hydroxylation is 1. The van der Waals surface area contributed by atoms with Crippen molar-refractivity contribution in [1.29, 1.82) is 0 Å². The first-order chi connectivity index (χ1) is 14.8. The summed E-state index contributed by atoms with van der Waals surface area (Å²) >= 11 is 3.37. The number of benzene rings is 1. The minimum atomic E-state index is -3.61. The number of amides is 1. The molecular formula is C19H21BrN6O4S. The van der Waals surface area contributed by atoms with E-state index >= 15 is 0 Å². The highest BCUT2D eigenvalue weighted by atomic mass is 79.9. The summed E-state index contributed by atoms with van der Waals surface area (Å²) in [6, 6.07) is 9.05. The van der Waals surface area contributed by atoms with Crippen molar-refractivity contribution in [3.63, 3.8) is 0 Å². The lowest BCUT2D eigenvalue weighted by Gasteiger charge is -2.33. The van der Waals surface area contributed by atoms with Crippen LogP contribution in [0.3, 0.4) is 0 Å². The van der Waals surface area contributed by atoms with Crippen molar-refractivity contribution in [2.24, 2.45) is 7.05 Å².